The quantitative estimate of drug-likeness (QED) is 0.783. The molecule has 0 bridgehead atoms. The highest BCUT2D eigenvalue weighted by Gasteiger charge is 2.29. The predicted octanol–water partition coefficient (Wildman–Crippen LogP) is 2.35. The first-order valence-electron chi connectivity index (χ1n) is 10.2. The van der Waals surface area contributed by atoms with Gasteiger partial charge in [-0.05, 0) is 37.1 Å². The molecule has 1 N–H and O–H groups in total. The maximum atomic E-state index is 13.1. The number of amides is 1. The van der Waals surface area contributed by atoms with Gasteiger partial charge in [-0.15, -0.1) is 0 Å². The number of carbonyl (C=O) groups is 1. The van der Waals surface area contributed by atoms with Crippen molar-refractivity contribution >= 4 is 27.4 Å². The molecular formula is C21H26N4O4S. The van der Waals surface area contributed by atoms with E-state index in [9.17, 15) is 13.2 Å². The summed E-state index contributed by atoms with van der Waals surface area (Å²) in [5.41, 5.74) is 1.09. The summed E-state index contributed by atoms with van der Waals surface area (Å²) in [4.78, 5) is 19.4. The van der Waals surface area contributed by atoms with Gasteiger partial charge in [0, 0.05) is 26.2 Å². The summed E-state index contributed by atoms with van der Waals surface area (Å²) < 4.78 is 33.0. The number of ether oxygens (including phenoxy) is 1. The van der Waals surface area contributed by atoms with Crippen LogP contribution in [0.3, 0.4) is 0 Å². The fourth-order valence-electron chi connectivity index (χ4n) is 3.78. The van der Waals surface area contributed by atoms with Crippen molar-refractivity contribution in [2.45, 2.75) is 24.2 Å². The molecule has 1 amide bonds. The zero-order valence-electron chi connectivity index (χ0n) is 16.8. The second kappa shape index (κ2) is 9.11. The van der Waals surface area contributed by atoms with E-state index in [1.807, 2.05) is 6.07 Å². The van der Waals surface area contributed by atoms with Gasteiger partial charge >= 0.3 is 0 Å². The molecule has 3 heterocycles. The Morgan fingerprint density at radius 3 is 2.40 bits per heavy atom. The minimum absolute atomic E-state index is 0.0364. The lowest BCUT2D eigenvalue weighted by Gasteiger charge is -2.28. The summed E-state index contributed by atoms with van der Waals surface area (Å²) in [5.74, 6) is -0.111. The fraction of sp³-hybridized carbons (Fsp3) is 0.429. The van der Waals surface area contributed by atoms with E-state index in [-0.39, 0.29) is 10.5 Å². The normalized spacial score (nSPS) is 18.2. The van der Waals surface area contributed by atoms with Crippen molar-refractivity contribution in [1.29, 1.82) is 0 Å². The second-order valence-electron chi connectivity index (χ2n) is 7.42. The minimum Gasteiger partial charge on any atom is -0.378 e. The summed E-state index contributed by atoms with van der Waals surface area (Å²) in [5, 5.41) is 2.73. The minimum atomic E-state index is -3.72. The molecule has 2 fully saturated rings. The number of aromatic nitrogens is 1. The van der Waals surface area contributed by atoms with Crippen LogP contribution in [0.5, 0.6) is 0 Å². The predicted molar refractivity (Wildman–Crippen MR) is 114 cm³/mol. The Bertz CT molecular complexity index is 982. The monoisotopic (exact) mass is 430 g/mol. The van der Waals surface area contributed by atoms with Gasteiger partial charge < -0.3 is 15.0 Å². The van der Waals surface area contributed by atoms with Crippen LogP contribution in [0, 0.1) is 0 Å². The van der Waals surface area contributed by atoms with E-state index in [1.165, 1.54) is 16.4 Å². The Morgan fingerprint density at radius 1 is 0.967 bits per heavy atom. The van der Waals surface area contributed by atoms with Crippen molar-refractivity contribution in [2.24, 2.45) is 0 Å². The number of hydrogen-bond donors (Lipinski definition) is 1. The molecule has 4 rings (SSSR count). The largest absolute Gasteiger partial charge is 0.378 e. The van der Waals surface area contributed by atoms with Crippen molar-refractivity contribution in [3.8, 4) is 0 Å². The number of morpholine rings is 1. The first kappa shape index (κ1) is 20.8. The van der Waals surface area contributed by atoms with E-state index in [4.69, 9.17) is 4.74 Å². The molecular weight excluding hydrogens is 404 g/mol. The van der Waals surface area contributed by atoms with Gasteiger partial charge in [0.1, 0.15) is 5.82 Å². The van der Waals surface area contributed by atoms with Crippen LogP contribution in [0.1, 0.15) is 29.6 Å². The van der Waals surface area contributed by atoms with Crippen molar-refractivity contribution in [3.05, 3.63) is 48.2 Å². The standard InChI is InChI=1S/C21H26N4O4S/c26-21(23-20-9-8-17(16-22-20)24-12-14-29-15-13-24)18-6-2-3-7-19(18)30(27,28)25-10-4-1-5-11-25/h2-3,6-9,16H,1,4-5,10-15H2,(H,22,23,26). The van der Waals surface area contributed by atoms with Crippen molar-refractivity contribution < 1.29 is 17.9 Å². The number of anilines is 2. The molecule has 30 heavy (non-hydrogen) atoms. The summed E-state index contributed by atoms with van der Waals surface area (Å²) in [6.07, 6.45) is 4.41. The van der Waals surface area contributed by atoms with Gasteiger partial charge in [0.2, 0.25) is 10.0 Å². The molecule has 0 spiro atoms. The highest BCUT2D eigenvalue weighted by Crippen LogP contribution is 2.24. The number of nitrogens with one attached hydrogen (secondary N) is 1. The third-order valence-corrected chi connectivity index (χ3v) is 7.39. The second-order valence-corrected chi connectivity index (χ2v) is 9.32. The van der Waals surface area contributed by atoms with E-state index in [0.717, 1.165) is 38.0 Å². The third-order valence-electron chi connectivity index (χ3n) is 5.43. The van der Waals surface area contributed by atoms with E-state index in [0.29, 0.717) is 32.1 Å². The zero-order valence-corrected chi connectivity index (χ0v) is 17.6. The zero-order chi connectivity index (χ0) is 21.0. The van der Waals surface area contributed by atoms with Gasteiger partial charge in [-0.2, -0.15) is 4.31 Å². The average molecular weight is 431 g/mol. The van der Waals surface area contributed by atoms with Gasteiger partial charge in [0.25, 0.3) is 5.91 Å². The number of sulfonamides is 1. The molecule has 2 aromatic rings. The molecule has 1 aromatic carbocycles. The molecule has 2 saturated heterocycles. The van der Waals surface area contributed by atoms with E-state index in [1.54, 1.807) is 24.4 Å². The number of rotatable bonds is 5. The van der Waals surface area contributed by atoms with Gasteiger partial charge in [0.05, 0.1) is 35.6 Å². The van der Waals surface area contributed by atoms with Crippen LogP contribution in [0.4, 0.5) is 11.5 Å². The van der Waals surface area contributed by atoms with E-state index >= 15 is 0 Å². The highest BCUT2D eigenvalue weighted by atomic mass is 32.2. The van der Waals surface area contributed by atoms with Crippen LogP contribution in [-0.2, 0) is 14.8 Å². The van der Waals surface area contributed by atoms with Crippen LogP contribution in [-0.4, -0.2) is 63.0 Å². The molecule has 0 radical (unpaired) electrons. The number of nitrogens with zero attached hydrogens (tertiary/aromatic N) is 3. The molecule has 2 aliphatic rings. The number of pyridine rings is 1. The van der Waals surface area contributed by atoms with Gasteiger partial charge in [-0.25, -0.2) is 13.4 Å². The summed E-state index contributed by atoms with van der Waals surface area (Å²) in [7, 11) is -3.72. The summed E-state index contributed by atoms with van der Waals surface area (Å²) in [6.45, 7) is 3.94. The number of piperidine rings is 1. The molecule has 0 aliphatic carbocycles. The molecule has 0 atom stereocenters. The summed E-state index contributed by atoms with van der Waals surface area (Å²) >= 11 is 0. The van der Waals surface area contributed by atoms with Crippen LogP contribution in [0.15, 0.2) is 47.5 Å². The maximum absolute atomic E-state index is 13.1. The average Bonchev–Trinajstić information content (AvgIpc) is 2.81. The molecule has 160 valence electrons. The molecule has 1 aromatic heterocycles. The number of carbonyl (C=O) groups excluding carboxylic acids is 1. The molecule has 2 aliphatic heterocycles. The van der Waals surface area contributed by atoms with E-state index in [2.05, 4.69) is 15.2 Å². The van der Waals surface area contributed by atoms with E-state index < -0.39 is 15.9 Å². The van der Waals surface area contributed by atoms with Gasteiger partial charge in [0.15, 0.2) is 0 Å². The van der Waals surface area contributed by atoms with Gasteiger partial charge in [-0.1, -0.05) is 18.6 Å². The molecule has 8 nitrogen and oxygen atoms in total. The van der Waals surface area contributed by atoms with Crippen molar-refractivity contribution in [2.75, 3.05) is 49.6 Å². The first-order valence-corrected chi connectivity index (χ1v) is 11.7. The van der Waals surface area contributed by atoms with Crippen LogP contribution in [0.2, 0.25) is 0 Å². The Labute approximate surface area is 176 Å². The lowest BCUT2D eigenvalue weighted by molar-refractivity contribution is 0.102. The first-order chi connectivity index (χ1) is 14.6. The Balaban J connectivity index is 1.51. The lowest BCUT2D eigenvalue weighted by Crippen LogP contribution is -2.36. The highest BCUT2D eigenvalue weighted by molar-refractivity contribution is 7.89. The molecule has 9 heteroatoms. The third kappa shape index (κ3) is 4.48. The van der Waals surface area contributed by atoms with Crippen molar-refractivity contribution in [3.63, 3.8) is 0 Å². The van der Waals surface area contributed by atoms with Crippen LogP contribution >= 0.6 is 0 Å². The lowest BCUT2D eigenvalue weighted by atomic mass is 10.2. The Kier molecular flexibility index (Phi) is 6.31. The van der Waals surface area contributed by atoms with Gasteiger partial charge in [-0.3, -0.25) is 4.79 Å². The SMILES string of the molecule is O=C(Nc1ccc(N2CCOCC2)cn1)c1ccccc1S(=O)(=O)N1CCCCC1. The molecule has 0 unspecified atom stereocenters. The van der Waals surface area contributed by atoms with Crippen LogP contribution in [0.25, 0.3) is 0 Å². The Hall–Kier alpha value is -2.49. The number of hydrogen-bond acceptors (Lipinski definition) is 6. The Morgan fingerprint density at radius 2 is 1.70 bits per heavy atom. The molecule has 0 saturated carbocycles. The maximum Gasteiger partial charge on any atom is 0.258 e. The number of benzene rings is 1. The summed E-state index contributed by atoms with van der Waals surface area (Å²) in [6, 6.07) is 9.96. The van der Waals surface area contributed by atoms with Crippen LogP contribution < -0.4 is 10.2 Å². The van der Waals surface area contributed by atoms with Crippen molar-refractivity contribution in [1.82, 2.24) is 9.29 Å². The smallest absolute Gasteiger partial charge is 0.258 e. The fourth-order valence-corrected chi connectivity index (χ4v) is 5.48. The topological polar surface area (TPSA) is 91.8 Å².